The molecule has 1 heterocycles. The molecule has 2 rings (SSSR count). The van der Waals surface area contributed by atoms with E-state index >= 15 is 0 Å². The van der Waals surface area contributed by atoms with Gasteiger partial charge < -0.3 is 14.6 Å². The lowest BCUT2D eigenvalue weighted by Crippen LogP contribution is -2.27. The molecule has 0 unspecified atom stereocenters. The van der Waals surface area contributed by atoms with Crippen molar-refractivity contribution in [3.8, 4) is 5.75 Å². The first-order valence-corrected chi connectivity index (χ1v) is 8.84. The molecule has 0 spiro atoms. The maximum atomic E-state index is 12.1. The van der Waals surface area contributed by atoms with Crippen LogP contribution in [0.1, 0.15) is 19.1 Å². The number of amides is 1. The van der Waals surface area contributed by atoms with E-state index in [0.29, 0.717) is 23.9 Å². The molecule has 0 fully saturated rings. The van der Waals surface area contributed by atoms with Crippen molar-refractivity contribution in [2.75, 3.05) is 18.5 Å². The van der Waals surface area contributed by atoms with Gasteiger partial charge in [-0.15, -0.1) is 0 Å². The normalized spacial score (nSPS) is 11.2. The highest BCUT2D eigenvalue weighted by atomic mass is 32.2. The zero-order valence-corrected chi connectivity index (χ0v) is 14.2. The van der Waals surface area contributed by atoms with E-state index in [1.54, 1.807) is 25.1 Å². The van der Waals surface area contributed by atoms with Crippen LogP contribution in [-0.4, -0.2) is 32.6 Å². The molecule has 0 radical (unpaired) electrons. The molecule has 2 aromatic rings. The van der Waals surface area contributed by atoms with E-state index in [2.05, 4.69) is 15.2 Å². The molecule has 2 N–H and O–H groups in total. The van der Waals surface area contributed by atoms with Gasteiger partial charge in [0, 0.05) is 19.0 Å². The van der Waals surface area contributed by atoms with Gasteiger partial charge in [0.1, 0.15) is 11.5 Å². The van der Waals surface area contributed by atoms with Crippen LogP contribution in [0.2, 0.25) is 0 Å². The van der Waals surface area contributed by atoms with Crippen LogP contribution in [-0.2, 0) is 14.8 Å². The highest BCUT2D eigenvalue weighted by Gasteiger charge is 2.14. The van der Waals surface area contributed by atoms with Gasteiger partial charge in [0.15, 0.2) is 5.82 Å². The van der Waals surface area contributed by atoms with Gasteiger partial charge in [0.2, 0.25) is 15.9 Å². The average Bonchev–Trinajstić information content (AvgIpc) is 2.93. The number of nitrogens with zero attached hydrogens (tertiary/aromatic N) is 1. The fourth-order valence-corrected chi connectivity index (χ4v) is 2.93. The van der Waals surface area contributed by atoms with Crippen molar-refractivity contribution in [1.82, 2.24) is 9.88 Å². The topological polar surface area (TPSA) is 111 Å². The zero-order chi connectivity index (χ0) is 17.6. The minimum absolute atomic E-state index is 0.0256. The SMILES string of the molecule is CCOc1ccc(S(=O)(=O)NCCC(=O)Nc2cc(C)on2)cc1. The van der Waals surface area contributed by atoms with Crippen LogP contribution in [0, 0.1) is 6.92 Å². The van der Waals surface area contributed by atoms with Crippen LogP contribution >= 0.6 is 0 Å². The maximum absolute atomic E-state index is 12.1. The van der Waals surface area contributed by atoms with Crippen LogP contribution in [0.15, 0.2) is 39.8 Å². The molecule has 0 atom stereocenters. The van der Waals surface area contributed by atoms with Gasteiger partial charge in [0.25, 0.3) is 0 Å². The molecule has 9 heteroatoms. The number of hydrogen-bond donors (Lipinski definition) is 2. The van der Waals surface area contributed by atoms with Crippen molar-refractivity contribution in [2.45, 2.75) is 25.2 Å². The van der Waals surface area contributed by atoms with Gasteiger partial charge in [-0.1, -0.05) is 5.16 Å². The number of carbonyl (C=O) groups excluding carboxylic acids is 1. The first-order chi connectivity index (χ1) is 11.4. The molecule has 1 amide bonds. The van der Waals surface area contributed by atoms with Crippen molar-refractivity contribution in [1.29, 1.82) is 0 Å². The smallest absolute Gasteiger partial charge is 0.240 e. The second-order valence-corrected chi connectivity index (χ2v) is 6.69. The lowest BCUT2D eigenvalue weighted by Gasteiger charge is -2.08. The number of benzene rings is 1. The molecule has 1 aromatic heterocycles. The summed E-state index contributed by atoms with van der Waals surface area (Å²) in [5.41, 5.74) is 0. The van der Waals surface area contributed by atoms with E-state index in [1.807, 2.05) is 6.92 Å². The van der Waals surface area contributed by atoms with Crippen molar-refractivity contribution >= 4 is 21.7 Å². The molecule has 0 aliphatic heterocycles. The Kier molecular flexibility index (Phi) is 5.93. The molecule has 8 nitrogen and oxygen atoms in total. The van der Waals surface area contributed by atoms with E-state index in [4.69, 9.17) is 9.26 Å². The molecule has 0 aliphatic rings. The van der Waals surface area contributed by atoms with Crippen molar-refractivity contribution in [2.24, 2.45) is 0 Å². The maximum Gasteiger partial charge on any atom is 0.240 e. The zero-order valence-electron chi connectivity index (χ0n) is 13.4. The minimum Gasteiger partial charge on any atom is -0.494 e. The fraction of sp³-hybridized carbons (Fsp3) is 0.333. The summed E-state index contributed by atoms with van der Waals surface area (Å²) >= 11 is 0. The molecule has 24 heavy (non-hydrogen) atoms. The first kappa shape index (κ1) is 18.0. The second kappa shape index (κ2) is 7.93. The molecule has 130 valence electrons. The van der Waals surface area contributed by atoms with Crippen LogP contribution in [0.3, 0.4) is 0 Å². The van der Waals surface area contributed by atoms with Gasteiger partial charge in [-0.2, -0.15) is 0 Å². The van der Waals surface area contributed by atoms with E-state index in [1.165, 1.54) is 12.1 Å². The second-order valence-electron chi connectivity index (χ2n) is 4.92. The Morgan fingerprint density at radius 1 is 1.29 bits per heavy atom. The largest absolute Gasteiger partial charge is 0.494 e. The number of rotatable bonds is 8. The van der Waals surface area contributed by atoms with Crippen LogP contribution < -0.4 is 14.8 Å². The molecule has 0 bridgehead atoms. The predicted octanol–water partition coefficient (Wildman–Crippen LogP) is 1.69. The summed E-state index contributed by atoms with van der Waals surface area (Å²) in [4.78, 5) is 11.8. The molecular formula is C15H19N3O5S. The number of aromatic nitrogens is 1. The Morgan fingerprint density at radius 2 is 2.00 bits per heavy atom. The van der Waals surface area contributed by atoms with Gasteiger partial charge >= 0.3 is 0 Å². The summed E-state index contributed by atoms with van der Waals surface area (Å²) in [6.45, 7) is 4.02. The van der Waals surface area contributed by atoms with Crippen LogP contribution in [0.4, 0.5) is 5.82 Å². The van der Waals surface area contributed by atoms with Gasteiger partial charge in [-0.25, -0.2) is 13.1 Å². The Labute approximate surface area is 140 Å². The third-order valence-corrected chi connectivity index (χ3v) is 4.46. The monoisotopic (exact) mass is 353 g/mol. The molecular weight excluding hydrogens is 334 g/mol. The van der Waals surface area contributed by atoms with E-state index in [9.17, 15) is 13.2 Å². The Balaban J connectivity index is 1.84. The Morgan fingerprint density at radius 3 is 2.58 bits per heavy atom. The quantitative estimate of drug-likeness (QED) is 0.747. The molecule has 0 saturated carbocycles. The third-order valence-electron chi connectivity index (χ3n) is 2.98. The molecule has 0 saturated heterocycles. The van der Waals surface area contributed by atoms with Gasteiger partial charge in [-0.3, -0.25) is 4.79 Å². The van der Waals surface area contributed by atoms with Crippen LogP contribution in [0.25, 0.3) is 0 Å². The van der Waals surface area contributed by atoms with Crippen molar-refractivity contribution in [3.63, 3.8) is 0 Å². The standard InChI is InChI=1S/C15H19N3O5S/c1-3-22-12-4-6-13(7-5-12)24(20,21)16-9-8-15(19)17-14-10-11(2)23-18-14/h4-7,10,16H,3,8-9H2,1-2H3,(H,17,18,19). The summed E-state index contributed by atoms with van der Waals surface area (Å²) in [5, 5.41) is 6.14. The number of aryl methyl sites for hydroxylation is 1. The Hall–Kier alpha value is -2.39. The number of hydrogen-bond acceptors (Lipinski definition) is 6. The predicted molar refractivity (Wildman–Crippen MR) is 87.3 cm³/mol. The van der Waals surface area contributed by atoms with E-state index in [0.717, 1.165) is 0 Å². The number of ether oxygens (including phenoxy) is 1. The third kappa shape index (κ3) is 5.07. The molecule has 0 aliphatic carbocycles. The van der Waals surface area contributed by atoms with Crippen molar-refractivity contribution < 1.29 is 22.5 Å². The van der Waals surface area contributed by atoms with Crippen LogP contribution in [0.5, 0.6) is 5.75 Å². The number of sulfonamides is 1. The molecule has 1 aromatic carbocycles. The summed E-state index contributed by atoms with van der Waals surface area (Å²) in [7, 11) is -3.68. The average molecular weight is 353 g/mol. The fourth-order valence-electron chi connectivity index (χ4n) is 1.89. The highest BCUT2D eigenvalue weighted by molar-refractivity contribution is 7.89. The van der Waals surface area contributed by atoms with E-state index < -0.39 is 10.0 Å². The first-order valence-electron chi connectivity index (χ1n) is 7.36. The van der Waals surface area contributed by atoms with E-state index in [-0.39, 0.29) is 23.8 Å². The summed E-state index contributed by atoms with van der Waals surface area (Å²) < 4.78 is 36.7. The van der Waals surface area contributed by atoms with Gasteiger partial charge in [0.05, 0.1) is 11.5 Å². The van der Waals surface area contributed by atoms with Gasteiger partial charge in [-0.05, 0) is 38.1 Å². The highest BCUT2D eigenvalue weighted by Crippen LogP contribution is 2.15. The summed E-state index contributed by atoms with van der Waals surface area (Å²) in [6.07, 6.45) is -0.0256. The minimum atomic E-state index is -3.68. The summed E-state index contributed by atoms with van der Waals surface area (Å²) in [5.74, 6) is 1.10. The number of carbonyl (C=O) groups is 1. The Bertz CT molecular complexity index is 784. The number of nitrogens with one attached hydrogen (secondary N) is 2. The lowest BCUT2D eigenvalue weighted by molar-refractivity contribution is -0.116. The number of anilines is 1. The summed E-state index contributed by atoms with van der Waals surface area (Å²) in [6, 6.07) is 7.63. The van der Waals surface area contributed by atoms with Crippen molar-refractivity contribution in [3.05, 3.63) is 36.1 Å². The lowest BCUT2D eigenvalue weighted by atomic mass is 10.3.